The number of piperidine rings is 1. The molecule has 31 heavy (non-hydrogen) atoms. The molecule has 9 heteroatoms. The predicted octanol–water partition coefficient (Wildman–Crippen LogP) is 4.85. The number of nitrogens with one attached hydrogen (secondary N) is 2. The van der Waals surface area contributed by atoms with Crippen LogP contribution in [0.4, 0.5) is 10.8 Å². The molecule has 1 aliphatic rings. The Morgan fingerprint density at radius 1 is 1.26 bits per heavy atom. The van der Waals surface area contributed by atoms with E-state index in [9.17, 15) is 9.59 Å². The third kappa shape index (κ3) is 6.48. The maximum Gasteiger partial charge on any atom is 0.278 e. The van der Waals surface area contributed by atoms with Crippen LogP contribution in [0.15, 0.2) is 18.3 Å². The van der Waals surface area contributed by atoms with Gasteiger partial charge < -0.3 is 15.5 Å². The second-order valence-corrected chi connectivity index (χ2v) is 9.62. The average Bonchev–Trinajstić information content (AvgIpc) is 3.16. The predicted molar refractivity (Wildman–Crippen MR) is 126 cm³/mol. The number of nitrogens with zero attached hydrogens (tertiary/aromatic N) is 3. The topological polar surface area (TPSA) is 87.2 Å². The van der Waals surface area contributed by atoms with E-state index in [4.69, 9.17) is 11.6 Å². The Hall–Kier alpha value is -2.03. The van der Waals surface area contributed by atoms with Crippen molar-refractivity contribution in [2.75, 3.05) is 23.7 Å². The molecule has 168 valence electrons. The number of hydrogen-bond donors (Lipinski definition) is 2. The van der Waals surface area contributed by atoms with Crippen LogP contribution in [0, 0.1) is 5.92 Å². The highest BCUT2D eigenvalue weighted by Crippen LogP contribution is 2.29. The van der Waals surface area contributed by atoms with E-state index < -0.39 is 5.91 Å². The van der Waals surface area contributed by atoms with Gasteiger partial charge in [0.2, 0.25) is 5.91 Å². The number of unbranched alkanes of at least 4 members (excludes halogenated alkanes) is 1. The van der Waals surface area contributed by atoms with Gasteiger partial charge in [-0.3, -0.25) is 9.59 Å². The summed E-state index contributed by atoms with van der Waals surface area (Å²) in [5.41, 5.74) is 0.237. The van der Waals surface area contributed by atoms with Gasteiger partial charge in [-0.2, -0.15) is 0 Å². The maximum absolute atomic E-state index is 12.9. The molecule has 0 unspecified atom stereocenters. The molecule has 0 spiro atoms. The fourth-order valence-electron chi connectivity index (χ4n) is 3.56. The molecule has 1 saturated heterocycles. The lowest BCUT2D eigenvalue weighted by atomic mass is 9.95. The molecule has 0 atom stereocenters. The van der Waals surface area contributed by atoms with Crippen molar-refractivity contribution in [3.05, 3.63) is 34.1 Å². The lowest BCUT2D eigenvalue weighted by Crippen LogP contribution is -2.41. The van der Waals surface area contributed by atoms with E-state index >= 15 is 0 Å². The Morgan fingerprint density at radius 2 is 2.00 bits per heavy atom. The number of thiazole rings is 1. The second-order valence-electron chi connectivity index (χ2n) is 8.10. The molecule has 0 aromatic carbocycles. The lowest BCUT2D eigenvalue weighted by molar-refractivity contribution is -0.121. The zero-order valence-corrected chi connectivity index (χ0v) is 19.9. The minimum absolute atomic E-state index is 0.0345. The maximum atomic E-state index is 12.9. The monoisotopic (exact) mass is 463 g/mol. The number of carbonyl (C=O) groups excluding carboxylic acids is 2. The molecule has 0 aliphatic carbocycles. The highest BCUT2D eigenvalue weighted by Gasteiger charge is 2.28. The van der Waals surface area contributed by atoms with Crippen LogP contribution >= 0.6 is 22.9 Å². The summed E-state index contributed by atoms with van der Waals surface area (Å²) in [6.07, 6.45) is 5.91. The van der Waals surface area contributed by atoms with Crippen LogP contribution in [0.5, 0.6) is 0 Å². The molecular weight excluding hydrogens is 434 g/mol. The van der Waals surface area contributed by atoms with E-state index in [0.717, 1.165) is 50.2 Å². The van der Waals surface area contributed by atoms with Gasteiger partial charge in [-0.15, -0.1) is 11.3 Å². The van der Waals surface area contributed by atoms with Gasteiger partial charge in [0, 0.05) is 18.2 Å². The van der Waals surface area contributed by atoms with Crippen LogP contribution in [0.3, 0.4) is 0 Å². The first-order chi connectivity index (χ1) is 14.9. The summed E-state index contributed by atoms with van der Waals surface area (Å²) in [6.45, 7) is 8.29. The van der Waals surface area contributed by atoms with Crippen molar-refractivity contribution in [3.63, 3.8) is 0 Å². The van der Waals surface area contributed by atoms with Crippen LogP contribution < -0.4 is 10.6 Å². The fraction of sp³-hybridized carbons (Fsp3) is 0.545. The number of carbonyl (C=O) groups is 2. The van der Waals surface area contributed by atoms with Crippen LogP contribution in [0.2, 0.25) is 5.02 Å². The largest absolute Gasteiger partial charge is 0.315 e. The smallest absolute Gasteiger partial charge is 0.278 e. The summed E-state index contributed by atoms with van der Waals surface area (Å²) < 4.78 is 0. The first-order valence-corrected chi connectivity index (χ1v) is 12.0. The third-order valence-electron chi connectivity index (χ3n) is 5.47. The molecular formula is C22H30ClN5O2S. The van der Waals surface area contributed by atoms with Gasteiger partial charge in [0.15, 0.2) is 5.69 Å². The number of amides is 2. The first-order valence-electron chi connectivity index (χ1n) is 10.8. The van der Waals surface area contributed by atoms with E-state index in [1.54, 1.807) is 12.1 Å². The molecule has 7 nitrogen and oxygen atoms in total. The summed E-state index contributed by atoms with van der Waals surface area (Å²) in [5.74, 6) is -0.0904. The molecule has 2 aromatic rings. The molecule has 1 fully saturated rings. The van der Waals surface area contributed by atoms with Crippen LogP contribution in [0.1, 0.15) is 62.0 Å². The molecule has 0 saturated carbocycles. The summed E-state index contributed by atoms with van der Waals surface area (Å²) in [5, 5.41) is 7.58. The molecule has 0 radical (unpaired) electrons. The Labute approximate surface area is 192 Å². The number of pyridine rings is 1. The van der Waals surface area contributed by atoms with Crippen molar-refractivity contribution in [1.29, 1.82) is 0 Å². The van der Waals surface area contributed by atoms with Crippen LogP contribution in [-0.4, -0.2) is 45.8 Å². The van der Waals surface area contributed by atoms with E-state index in [1.807, 2.05) is 0 Å². The van der Waals surface area contributed by atoms with Crippen molar-refractivity contribution < 1.29 is 9.59 Å². The van der Waals surface area contributed by atoms with Gasteiger partial charge in [0.05, 0.1) is 10.0 Å². The van der Waals surface area contributed by atoms with Gasteiger partial charge in [-0.1, -0.05) is 24.9 Å². The van der Waals surface area contributed by atoms with Gasteiger partial charge in [-0.25, -0.2) is 9.97 Å². The van der Waals surface area contributed by atoms with Crippen molar-refractivity contribution in [2.24, 2.45) is 5.92 Å². The molecule has 3 rings (SSSR count). The zero-order chi connectivity index (χ0) is 22.4. The number of aromatic nitrogens is 2. The molecule has 2 N–H and O–H groups in total. The van der Waals surface area contributed by atoms with E-state index in [-0.39, 0.29) is 17.5 Å². The number of likely N-dealkylation sites (tertiary alicyclic amines) is 1. The molecule has 2 amide bonds. The Kier molecular flexibility index (Phi) is 8.40. The molecule has 0 bridgehead atoms. The summed E-state index contributed by atoms with van der Waals surface area (Å²) in [4.78, 5) is 36.8. The SMILES string of the molecule is CCCCc1nc(C(=O)Nc2ccc(Cl)cn2)c(NC(=O)C2CCN(C(C)C)CC2)s1. The number of halogens is 1. The van der Waals surface area contributed by atoms with Gasteiger partial charge in [-0.05, 0) is 64.8 Å². The first kappa shape index (κ1) is 23.6. The molecule has 2 aromatic heterocycles. The van der Waals surface area contributed by atoms with Gasteiger partial charge in [0.1, 0.15) is 10.8 Å². The lowest BCUT2D eigenvalue weighted by Gasteiger charge is -2.33. The second kappa shape index (κ2) is 11.0. The van der Waals surface area contributed by atoms with Gasteiger partial charge in [0.25, 0.3) is 5.91 Å². The van der Waals surface area contributed by atoms with Crippen molar-refractivity contribution >= 4 is 45.6 Å². The number of hydrogen-bond acceptors (Lipinski definition) is 6. The van der Waals surface area contributed by atoms with E-state index in [2.05, 4.69) is 46.3 Å². The van der Waals surface area contributed by atoms with E-state index in [1.165, 1.54) is 17.5 Å². The zero-order valence-electron chi connectivity index (χ0n) is 18.3. The quantitative estimate of drug-likeness (QED) is 0.584. The van der Waals surface area contributed by atoms with Crippen molar-refractivity contribution in [3.8, 4) is 0 Å². The Bertz CT molecular complexity index is 892. The standard InChI is InChI=1S/C22H30ClN5O2S/c1-4-5-6-18-26-19(21(30)25-17-8-7-16(23)13-24-17)22(31-18)27-20(29)15-9-11-28(12-10-15)14(2)3/h7-8,13-15H,4-6,9-12H2,1-3H3,(H,27,29)(H,24,25,30). The summed E-state index contributed by atoms with van der Waals surface area (Å²) in [6, 6.07) is 3.78. The highest BCUT2D eigenvalue weighted by atomic mass is 35.5. The number of aryl methyl sites for hydroxylation is 1. The molecule has 1 aliphatic heterocycles. The number of anilines is 2. The Morgan fingerprint density at radius 3 is 2.61 bits per heavy atom. The van der Waals surface area contributed by atoms with Crippen LogP contribution in [-0.2, 0) is 11.2 Å². The molecule has 3 heterocycles. The Balaban J connectivity index is 1.72. The van der Waals surface area contributed by atoms with Crippen molar-refractivity contribution in [2.45, 2.75) is 58.9 Å². The summed E-state index contributed by atoms with van der Waals surface area (Å²) in [7, 11) is 0. The number of rotatable bonds is 8. The van der Waals surface area contributed by atoms with Crippen LogP contribution in [0.25, 0.3) is 0 Å². The average molecular weight is 464 g/mol. The van der Waals surface area contributed by atoms with Gasteiger partial charge >= 0.3 is 0 Å². The van der Waals surface area contributed by atoms with E-state index in [0.29, 0.717) is 21.9 Å². The normalized spacial score (nSPS) is 15.3. The van der Waals surface area contributed by atoms with Crippen molar-refractivity contribution in [1.82, 2.24) is 14.9 Å². The third-order valence-corrected chi connectivity index (χ3v) is 6.72. The summed E-state index contributed by atoms with van der Waals surface area (Å²) >= 11 is 7.25. The minimum atomic E-state index is -0.390. The fourth-order valence-corrected chi connectivity index (χ4v) is 4.67. The highest BCUT2D eigenvalue weighted by molar-refractivity contribution is 7.16. The minimum Gasteiger partial charge on any atom is -0.315 e.